The van der Waals surface area contributed by atoms with Crippen molar-refractivity contribution in [3.8, 4) is 11.1 Å². The van der Waals surface area contributed by atoms with E-state index in [0.29, 0.717) is 17.7 Å². The van der Waals surface area contributed by atoms with E-state index < -0.39 is 17.5 Å². The maximum atomic E-state index is 13.5. The smallest absolute Gasteiger partial charge is 0.137 e. The Hall–Kier alpha value is -1.55. The Bertz CT molecular complexity index is 561. The van der Waals surface area contributed by atoms with Gasteiger partial charge in [0.2, 0.25) is 0 Å². The molecule has 88 valence electrons. The zero-order valence-corrected chi connectivity index (χ0v) is 9.52. The molecule has 0 aliphatic heterocycles. The van der Waals surface area contributed by atoms with Crippen LogP contribution in [0.1, 0.15) is 5.56 Å². The number of pyridine rings is 1. The van der Waals surface area contributed by atoms with Gasteiger partial charge in [-0.15, -0.1) is 0 Å². The minimum Gasteiger partial charge on any atom is -0.244 e. The molecule has 0 radical (unpaired) electrons. The quantitative estimate of drug-likeness (QED) is 0.700. The lowest BCUT2D eigenvalue weighted by molar-refractivity contribution is 0.548. The molecule has 0 saturated carbocycles. The monoisotopic (exact) mass is 257 g/mol. The van der Waals surface area contributed by atoms with Crippen molar-refractivity contribution in [2.24, 2.45) is 0 Å². The van der Waals surface area contributed by atoms with Gasteiger partial charge in [-0.25, -0.2) is 18.2 Å². The van der Waals surface area contributed by atoms with E-state index in [0.717, 1.165) is 0 Å². The third-order valence-electron chi connectivity index (χ3n) is 2.25. The molecule has 1 nitrogen and oxygen atoms in total. The van der Waals surface area contributed by atoms with Gasteiger partial charge in [0, 0.05) is 23.9 Å². The fourth-order valence-corrected chi connectivity index (χ4v) is 1.73. The molecule has 5 heteroatoms. The lowest BCUT2D eigenvalue weighted by Crippen LogP contribution is -1.95. The van der Waals surface area contributed by atoms with Crippen LogP contribution in [-0.4, -0.2) is 4.98 Å². The van der Waals surface area contributed by atoms with Crippen LogP contribution in [0.4, 0.5) is 13.2 Å². The molecule has 0 spiro atoms. The third-order valence-corrected chi connectivity index (χ3v) is 2.55. The molecule has 0 bridgehead atoms. The molecule has 0 N–H and O–H groups in total. The first-order chi connectivity index (χ1) is 7.99. The fourth-order valence-electron chi connectivity index (χ4n) is 1.53. The van der Waals surface area contributed by atoms with Crippen molar-refractivity contribution in [3.05, 3.63) is 52.6 Å². The summed E-state index contributed by atoms with van der Waals surface area (Å²) in [5.74, 6) is -2.98. The molecule has 2 aromatic rings. The summed E-state index contributed by atoms with van der Waals surface area (Å²) in [6.45, 7) is 1.71. The van der Waals surface area contributed by atoms with Crippen LogP contribution in [0.5, 0.6) is 0 Å². The minimum atomic E-state index is -1.00. The van der Waals surface area contributed by atoms with E-state index in [9.17, 15) is 13.2 Å². The van der Waals surface area contributed by atoms with Crippen molar-refractivity contribution in [1.82, 2.24) is 4.98 Å². The summed E-state index contributed by atoms with van der Waals surface area (Å²) in [6.07, 6.45) is 1.48. The molecule has 2 rings (SSSR count). The number of benzene rings is 1. The second kappa shape index (κ2) is 4.37. The number of halogens is 4. The van der Waals surface area contributed by atoms with Crippen LogP contribution >= 0.6 is 11.6 Å². The van der Waals surface area contributed by atoms with Gasteiger partial charge < -0.3 is 0 Å². The Balaban J connectivity index is 2.72. The van der Waals surface area contributed by atoms with Gasteiger partial charge in [-0.1, -0.05) is 11.6 Å². The fraction of sp³-hybridized carbons (Fsp3) is 0.0833. The molecule has 17 heavy (non-hydrogen) atoms. The van der Waals surface area contributed by atoms with Gasteiger partial charge in [0.1, 0.15) is 22.6 Å². The molecular weight excluding hydrogens is 251 g/mol. The van der Waals surface area contributed by atoms with Gasteiger partial charge in [-0.3, -0.25) is 0 Å². The molecule has 0 aliphatic carbocycles. The zero-order valence-electron chi connectivity index (χ0n) is 8.77. The lowest BCUT2D eigenvalue weighted by atomic mass is 10.0. The van der Waals surface area contributed by atoms with Crippen molar-refractivity contribution in [1.29, 1.82) is 0 Å². The van der Waals surface area contributed by atoms with E-state index >= 15 is 0 Å². The Labute approximate surface area is 101 Å². The maximum absolute atomic E-state index is 13.5. The Morgan fingerprint density at radius 3 is 2.24 bits per heavy atom. The van der Waals surface area contributed by atoms with Crippen LogP contribution in [0.3, 0.4) is 0 Å². The van der Waals surface area contributed by atoms with Crippen LogP contribution < -0.4 is 0 Å². The number of hydrogen-bond donors (Lipinski definition) is 0. The second-order valence-corrected chi connectivity index (χ2v) is 3.95. The largest absolute Gasteiger partial charge is 0.244 e. The standard InChI is InChI=1S/C12H7ClF3N/c1-6-2-8(12(13)17-5-6)11-9(15)3-7(14)4-10(11)16/h2-5H,1H3. The molecule has 1 heterocycles. The van der Waals surface area contributed by atoms with E-state index in [1.807, 2.05) is 0 Å². The van der Waals surface area contributed by atoms with Gasteiger partial charge in [0.15, 0.2) is 0 Å². The molecule has 0 atom stereocenters. The number of hydrogen-bond acceptors (Lipinski definition) is 1. The predicted molar refractivity (Wildman–Crippen MR) is 59.3 cm³/mol. The van der Waals surface area contributed by atoms with E-state index in [1.165, 1.54) is 12.3 Å². The molecule has 0 aliphatic rings. The number of aromatic nitrogens is 1. The SMILES string of the molecule is Cc1cnc(Cl)c(-c2c(F)cc(F)cc2F)c1. The van der Waals surface area contributed by atoms with Gasteiger partial charge in [0.05, 0.1) is 5.56 Å². The summed E-state index contributed by atoms with van der Waals surface area (Å²) in [7, 11) is 0. The minimum absolute atomic E-state index is 0.0278. The maximum Gasteiger partial charge on any atom is 0.137 e. The highest BCUT2D eigenvalue weighted by atomic mass is 35.5. The van der Waals surface area contributed by atoms with Crippen LogP contribution in [0, 0.1) is 24.4 Å². The van der Waals surface area contributed by atoms with Gasteiger partial charge in [0.25, 0.3) is 0 Å². The first kappa shape index (κ1) is 11.9. The van der Waals surface area contributed by atoms with Gasteiger partial charge in [-0.05, 0) is 18.6 Å². The third kappa shape index (κ3) is 2.26. The van der Waals surface area contributed by atoms with Crippen molar-refractivity contribution >= 4 is 11.6 Å². The molecule has 0 fully saturated rings. The first-order valence-corrected chi connectivity index (χ1v) is 5.14. The first-order valence-electron chi connectivity index (χ1n) is 4.76. The average Bonchev–Trinajstić information content (AvgIpc) is 2.21. The highest BCUT2D eigenvalue weighted by Crippen LogP contribution is 2.31. The Morgan fingerprint density at radius 1 is 1.06 bits per heavy atom. The van der Waals surface area contributed by atoms with Crippen LogP contribution in [0.25, 0.3) is 11.1 Å². The zero-order chi connectivity index (χ0) is 12.6. The number of nitrogens with zero attached hydrogens (tertiary/aromatic N) is 1. The molecule has 0 saturated heterocycles. The highest BCUT2D eigenvalue weighted by molar-refractivity contribution is 6.32. The van der Waals surface area contributed by atoms with Gasteiger partial charge >= 0.3 is 0 Å². The molecule has 1 aromatic heterocycles. The molecular formula is C12H7ClF3N. The van der Waals surface area contributed by atoms with Crippen LogP contribution in [0.2, 0.25) is 5.15 Å². The van der Waals surface area contributed by atoms with Crippen molar-refractivity contribution in [3.63, 3.8) is 0 Å². The summed E-state index contributed by atoms with van der Waals surface area (Å²) in [6, 6.07) is 2.71. The number of rotatable bonds is 1. The van der Waals surface area contributed by atoms with Crippen molar-refractivity contribution in [2.75, 3.05) is 0 Å². The summed E-state index contributed by atoms with van der Waals surface area (Å²) < 4.78 is 39.9. The van der Waals surface area contributed by atoms with E-state index in [2.05, 4.69) is 4.98 Å². The van der Waals surface area contributed by atoms with E-state index in [1.54, 1.807) is 6.92 Å². The highest BCUT2D eigenvalue weighted by Gasteiger charge is 2.16. The predicted octanol–water partition coefficient (Wildman–Crippen LogP) is 4.13. The van der Waals surface area contributed by atoms with E-state index in [-0.39, 0.29) is 16.3 Å². The Kier molecular flexibility index (Phi) is 3.07. The van der Waals surface area contributed by atoms with E-state index in [4.69, 9.17) is 11.6 Å². The normalized spacial score (nSPS) is 10.6. The average molecular weight is 258 g/mol. The summed E-state index contributed by atoms with van der Waals surface area (Å²) >= 11 is 5.78. The number of aryl methyl sites for hydroxylation is 1. The summed E-state index contributed by atoms with van der Waals surface area (Å²) in [5.41, 5.74) is 0.446. The molecule has 1 aromatic carbocycles. The molecule has 0 unspecified atom stereocenters. The van der Waals surface area contributed by atoms with Crippen molar-refractivity contribution in [2.45, 2.75) is 6.92 Å². The summed E-state index contributed by atoms with van der Waals surface area (Å²) in [4.78, 5) is 3.80. The summed E-state index contributed by atoms with van der Waals surface area (Å²) in [5, 5.41) is -0.0278. The topological polar surface area (TPSA) is 12.9 Å². The molecule has 0 amide bonds. The second-order valence-electron chi connectivity index (χ2n) is 3.60. The lowest BCUT2D eigenvalue weighted by Gasteiger charge is -2.07. The van der Waals surface area contributed by atoms with Crippen LogP contribution in [0.15, 0.2) is 24.4 Å². The van der Waals surface area contributed by atoms with Crippen molar-refractivity contribution < 1.29 is 13.2 Å². The Morgan fingerprint density at radius 2 is 1.65 bits per heavy atom. The van der Waals surface area contributed by atoms with Gasteiger partial charge in [-0.2, -0.15) is 0 Å². The van der Waals surface area contributed by atoms with Crippen LogP contribution in [-0.2, 0) is 0 Å².